The van der Waals surface area contributed by atoms with Crippen LogP contribution in [0.1, 0.15) is 64.5 Å². The van der Waals surface area contributed by atoms with Crippen molar-refractivity contribution in [1.82, 2.24) is 0 Å². The van der Waals surface area contributed by atoms with E-state index in [4.69, 9.17) is 0 Å². The largest absolute Gasteiger partial charge is 0.129 e. The van der Waals surface area contributed by atoms with Crippen LogP contribution in [0.4, 0.5) is 0 Å². The van der Waals surface area contributed by atoms with E-state index in [2.05, 4.69) is 88.0 Å². The van der Waals surface area contributed by atoms with Gasteiger partial charge in [0, 0.05) is 4.91 Å². The molecule has 0 aromatic heterocycles. The van der Waals surface area contributed by atoms with Gasteiger partial charge in [0.1, 0.15) is 0 Å². The lowest BCUT2D eigenvalue weighted by atomic mass is 9.79. The maximum Gasteiger partial charge on any atom is 0.0749 e. The van der Waals surface area contributed by atoms with Gasteiger partial charge in [0.2, 0.25) is 0 Å². The summed E-state index contributed by atoms with van der Waals surface area (Å²) in [6.45, 7) is 9.45. The fourth-order valence-corrected chi connectivity index (χ4v) is 6.44. The number of thioether (sulfide) groups is 1. The van der Waals surface area contributed by atoms with Crippen molar-refractivity contribution < 1.29 is 0 Å². The van der Waals surface area contributed by atoms with Crippen molar-refractivity contribution in [3.63, 3.8) is 0 Å². The minimum Gasteiger partial charge on any atom is -0.129 e. The van der Waals surface area contributed by atoms with Gasteiger partial charge in [-0.15, -0.1) is 11.8 Å². The fourth-order valence-electron chi connectivity index (χ4n) is 4.79. The highest BCUT2D eigenvalue weighted by atomic mass is 32.2. The van der Waals surface area contributed by atoms with Crippen molar-refractivity contribution in [1.29, 1.82) is 0 Å². The molecular weight excluding hydrogens is 332 g/mol. The third-order valence-corrected chi connectivity index (χ3v) is 7.12. The molecule has 0 fully saturated rings. The Morgan fingerprint density at radius 2 is 1.38 bits per heavy atom. The molecule has 4 rings (SSSR count). The molecule has 1 spiro atoms. The summed E-state index contributed by atoms with van der Waals surface area (Å²) in [5, 5.41) is 0. The van der Waals surface area contributed by atoms with Crippen LogP contribution >= 0.6 is 11.8 Å². The zero-order valence-corrected chi connectivity index (χ0v) is 17.4. The third-order valence-electron chi connectivity index (χ3n) is 5.83. The standard InChI is InChI=1S/C25H30S/c1-5-6-7-12-17-26-23-22(24(2,3)4)25(23)20-15-10-8-13-18(20)19-14-9-11-16-21(19)25/h8-11,13-16H,5-7,12,17H2,1-4H3. The van der Waals surface area contributed by atoms with Crippen LogP contribution in [-0.2, 0) is 5.41 Å². The average Bonchev–Trinajstić information content (AvgIpc) is 3.23. The monoisotopic (exact) mass is 362 g/mol. The molecule has 1 heteroatoms. The molecular formula is C25H30S. The summed E-state index contributed by atoms with van der Waals surface area (Å²) in [4.78, 5) is 1.64. The predicted molar refractivity (Wildman–Crippen MR) is 116 cm³/mol. The minimum absolute atomic E-state index is 0.0703. The number of fused-ring (bicyclic) bond motifs is 5. The van der Waals surface area contributed by atoms with E-state index in [1.165, 1.54) is 53.7 Å². The lowest BCUT2D eigenvalue weighted by Crippen LogP contribution is -2.18. The van der Waals surface area contributed by atoms with E-state index in [-0.39, 0.29) is 10.8 Å². The molecule has 0 amide bonds. The van der Waals surface area contributed by atoms with Gasteiger partial charge in [0.05, 0.1) is 5.41 Å². The van der Waals surface area contributed by atoms with Crippen LogP contribution in [0, 0.1) is 5.41 Å². The molecule has 0 heterocycles. The van der Waals surface area contributed by atoms with Gasteiger partial charge in [-0.1, -0.05) is 95.5 Å². The number of rotatable bonds is 6. The molecule has 0 aliphatic heterocycles. The van der Waals surface area contributed by atoms with E-state index in [1.807, 2.05) is 0 Å². The van der Waals surface area contributed by atoms with Crippen molar-refractivity contribution >= 4 is 11.8 Å². The highest BCUT2D eigenvalue weighted by Crippen LogP contribution is 2.73. The zero-order valence-electron chi connectivity index (χ0n) is 16.6. The molecule has 0 atom stereocenters. The highest BCUT2D eigenvalue weighted by Gasteiger charge is 2.63. The van der Waals surface area contributed by atoms with Crippen LogP contribution in [-0.4, -0.2) is 5.75 Å². The number of hydrogen-bond donors (Lipinski definition) is 0. The van der Waals surface area contributed by atoms with Crippen LogP contribution in [0.15, 0.2) is 59.0 Å². The molecule has 0 N–H and O–H groups in total. The first-order valence-corrected chi connectivity index (χ1v) is 11.1. The quantitative estimate of drug-likeness (QED) is 0.477. The molecule has 26 heavy (non-hydrogen) atoms. The first-order chi connectivity index (χ1) is 12.5. The Balaban J connectivity index is 1.73. The Bertz CT molecular complexity index is 805. The van der Waals surface area contributed by atoms with Gasteiger partial charge in [0.25, 0.3) is 0 Å². The second kappa shape index (κ2) is 6.60. The van der Waals surface area contributed by atoms with Crippen molar-refractivity contribution in [2.24, 2.45) is 5.41 Å². The molecule has 0 radical (unpaired) electrons. The first-order valence-electron chi connectivity index (χ1n) is 10.1. The van der Waals surface area contributed by atoms with Gasteiger partial charge in [0.15, 0.2) is 0 Å². The Kier molecular flexibility index (Phi) is 4.55. The summed E-state index contributed by atoms with van der Waals surface area (Å²) in [7, 11) is 0. The minimum atomic E-state index is 0.0703. The number of allylic oxidation sites excluding steroid dienone is 2. The molecule has 2 aliphatic rings. The molecule has 0 bridgehead atoms. The van der Waals surface area contributed by atoms with Gasteiger partial charge < -0.3 is 0 Å². The van der Waals surface area contributed by atoms with Gasteiger partial charge in [-0.2, -0.15) is 0 Å². The zero-order chi connectivity index (χ0) is 18.4. The maximum atomic E-state index is 2.39. The van der Waals surface area contributed by atoms with Crippen LogP contribution < -0.4 is 0 Å². The summed E-state index contributed by atoms with van der Waals surface area (Å²) in [6.07, 6.45) is 5.37. The molecule has 136 valence electrons. The number of benzene rings is 2. The molecule has 0 saturated carbocycles. The van der Waals surface area contributed by atoms with Gasteiger partial charge in [-0.3, -0.25) is 0 Å². The second-order valence-electron chi connectivity index (χ2n) is 8.70. The van der Waals surface area contributed by atoms with Crippen molar-refractivity contribution in [2.45, 2.75) is 58.8 Å². The average molecular weight is 363 g/mol. The van der Waals surface area contributed by atoms with E-state index in [0.29, 0.717) is 0 Å². The molecule has 0 unspecified atom stereocenters. The van der Waals surface area contributed by atoms with Crippen LogP contribution in [0.25, 0.3) is 11.1 Å². The Labute approximate surface area is 163 Å². The van der Waals surface area contributed by atoms with Crippen LogP contribution in [0.2, 0.25) is 0 Å². The van der Waals surface area contributed by atoms with Crippen molar-refractivity contribution in [2.75, 3.05) is 5.75 Å². The highest BCUT2D eigenvalue weighted by molar-refractivity contribution is 8.03. The topological polar surface area (TPSA) is 0 Å². The van der Waals surface area contributed by atoms with Gasteiger partial charge >= 0.3 is 0 Å². The summed E-state index contributed by atoms with van der Waals surface area (Å²) < 4.78 is 0. The van der Waals surface area contributed by atoms with E-state index in [0.717, 1.165) is 0 Å². The van der Waals surface area contributed by atoms with E-state index >= 15 is 0 Å². The van der Waals surface area contributed by atoms with Gasteiger partial charge in [-0.05, 0) is 45.4 Å². The molecule has 0 nitrogen and oxygen atoms in total. The summed E-state index contributed by atoms with van der Waals surface area (Å²) in [6, 6.07) is 18.2. The molecule has 2 aromatic carbocycles. The van der Waals surface area contributed by atoms with Crippen molar-refractivity contribution in [3.8, 4) is 11.1 Å². The first kappa shape index (κ1) is 17.9. The normalized spacial score (nSPS) is 16.8. The molecule has 2 aromatic rings. The molecule has 0 saturated heterocycles. The summed E-state index contributed by atoms with van der Waals surface area (Å²) in [5.74, 6) is 1.25. The fraction of sp³-hybridized carbons (Fsp3) is 0.440. The second-order valence-corrected chi connectivity index (χ2v) is 9.81. The SMILES string of the molecule is CCCCCCSC1=C(C(C)(C)C)C12c1ccccc1-c1ccccc12. The summed E-state index contributed by atoms with van der Waals surface area (Å²) in [5.41, 5.74) is 7.84. The van der Waals surface area contributed by atoms with E-state index in [9.17, 15) is 0 Å². The van der Waals surface area contributed by atoms with Crippen LogP contribution in [0.5, 0.6) is 0 Å². The lowest BCUT2D eigenvalue weighted by molar-refractivity contribution is 0.496. The smallest absolute Gasteiger partial charge is 0.0749 e. The lowest BCUT2D eigenvalue weighted by Gasteiger charge is -2.24. The van der Waals surface area contributed by atoms with Crippen molar-refractivity contribution in [3.05, 3.63) is 70.1 Å². The maximum absolute atomic E-state index is 2.39. The van der Waals surface area contributed by atoms with Gasteiger partial charge in [-0.25, -0.2) is 0 Å². The van der Waals surface area contributed by atoms with Crippen LogP contribution in [0.3, 0.4) is 0 Å². The number of unbranched alkanes of at least 4 members (excludes halogenated alkanes) is 3. The Hall–Kier alpha value is -1.47. The predicted octanol–water partition coefficient (Wildman–Crippen LogP) is 7.58. The Morgan fingerprint density at radius 1 is 0.808 bits per heavy atom. The molecule has 2 aliphatic carbocycles. The number of hydrogen-bond acceptors (Lipinski definition) is 1. The Morgan fingerprint density at radius 3 is 1.92 bits per heavy atom. The summed E-state index contributed by atoms with van der Waals surface area (Å²) >= 11 is 2.13. The third kappa shape index (κ3) is 2.59. The van der Waals surface area contributed by atoms with E-state index in [1.54, 1.807) is 10.5 Å². The van der Waals surface area contributed by atoms with E-state index < -0.39 is 0 Å².